The van der Waals surface area contributed by atoms with Crippen LogP contribution in [0.2, 0.25) is 25.7 Å². The molecule has 9 nitrogen and oxygen atoms in total. The summed E-state index contributed by atoms with van der Waals surface area (Å²) in [7, 11) is -1.13. The molecule has 0 bridgehead atoms. The van der Waals surface area contributed by atoms with Crippen molar-refractivity contribution in [3.8, 4) is 0 Å². The summed E-state index contributed by atoms with van der Waals surface area (Å²) in [6.07, 6.45) is 3.87. The highest BCUT2D eigenvalue weighted by Crippen LogP contribution is 2.52. The van der Waals surface area contributed by atoms with Gasteiger partial charge in [0.2, 0.25) is 0 Å². The molecule has 1 saturated carbocycles. The van der Waals surface area contributed by atoms with Gasteiger partial charge in [0.1, 0.15) is 6.79 Å². The number of hydrogen-bond acceptors (Lipinski definition) is 7. The van der Waals surface area contributed by atoms with Crippen LogP contribution in [0.25, 0.3) is 5.65 Å². The molecule has 0 aliphatic heterocycles. The number of aromatic nitrogens is 7. The predicted octanol–water partition coefficient (Wildman–Crippen LogP) is 4.41. The number of pyridine rings is 1. The molecular weight excluding hydrogens is 470 g/mol. The van der Waals surface area contributed by atoms with Crippen molar-refractivity contribution in [2.75, 3.05) is 13.4 Å². The molecule has 1 fully saturated rings. The average Bonchev–Trinajstić information content (AvgIpc) is 3.28. The van der Waals surface area contributed by atoms with Crippen molar-refractivity contribution in [2.24, 2.45) is 0 Å². The second-order valence-electron chi connectivity index (χ2n) is 11.4. The number of fused-ring (bicyclic) bond motifs is 1. The average molecular weight is 506 g/mol. The third kappa shape index (κ3) is 4.98. The van der Waals surface area contributed by atoms with E-state index in [9.17, 15) is 0 Å². The van der Waals surface area contributed by atoms with Crippen LogP contribution in [0.3, 0.4) is 0 Å². The molecule has 0 atom stereocenters. The summed E-state index contributed by atoms with van der Waals surface area (Å²) >= 11 is 0. The zero-order valence-corrected chi connectivity index (χ0v) is 22.8. The van der Waals surface area contributed by atoms with E-state index in [-0.39, 0.29) is 12.2 Å². The molecule has 1 aliphatic rings. The highest BCUT2D eigenvalue weighted by atomic mass is 28.3. The SMILES string of the molecule is CC(C)(OCOCC[Si](C)(C)C)c1cccn2c(C3(c4nnnn4Cc4ccccc4)CC3)nnc12. The molecule has 10 heteroatoms. The molecule has 0 unspecified atom stereocenters. The first-order chi connectivity index (χ1) is 17.2. The summed E-state index contributed by atoms with van der Waals surface area (Å²) in [5, 5.41) is 22.0. The van der Waals surface area contributed by atoms with E-state index in [2.05, 4.69) is 68.0 Å². The highest BCUT2D eigenvalue weighted by Gasteiger charge is 2.54. The van der Waals surface area contributed by atoms with E-state index in [1.165, 1.54) is 0 Å². The summed E-state index contributed by atoms with van der Waals surface area (Å²) in [5.74, 6) is 1.70. The third-order valence-electron chi connectivity index (χ3n) is 6.90. The maximum absolute atomic E-state index is 6.18. The maximum atomic E-state index is 6.18. The molecule has 4 aromatic rings. The summed E-state index contributed by atoms with van der Waals surface area (Å²) < 4.78 is 15.9. The van der Waals surface area contributed by atoms with Crippen molar-refractivity contribution in [1.82, 2.24) is 34.8 Å². The Balaban J connectivity index is 1.38. The highest BCUT2D eigenvalue weighted by molar-refractivity contribution is 6.76. The Labute approximate surface area is 212 Å². The van der Waals surface area contributed by atoms with Gasteiger partial charge in [0.15, 0.2) is 17.3 Å². The van der Waals surface area contributed by atoms with Crippen LogP contribution in [0.15, 0.2) is 48.7 Å². The van der Waals surface area contributed by atoms with Gasteiger partial charge in [-0.2, -0.15) is 0 Å². The maximum Gasteiger partial charge on any atom is 0.166 e. The lowest BCUT2D eigenvalue weighted by molar-refractivity contribution is -0.128. The fourth-order valence-corrected chi connectivity index (χ4v) is 5.26. The van der Waals surface area contributed by atoms with Crippen LogP contribution in [0.1, 0.15) is 49.5 Å². The minimum Gasteiger partial charge on any atom is -0.356 e. The van der Waals surface area contributed by atoms with Crippen LogP contribution in [0.4, 0.5) is 0 Å². The minimum absolute atomic E-state index is 0.248. The normalized spacial score (nSPS) is 15.5. The van der Waals surface area contributed by atoms with Gasteiger partial charge in [-0.3, -0.25) is 4.40 Å². The molecule has 0 radical (unpaired) electrons. The first-order valence-corrected chi connectivity index (χ1v) is 16.3. The Bertz CT molecular complexity index is 1320. The predicted molar refractivity (Wildman–Crippen MR) is 139 cm³/mol. The van der Waals surface area contributed by atoms with Crippen LogP contribution >= 0.6 is 0 Å². The van der Waals surface area contributed by atoms with Crippen molar-refractivity contribution in [1.29, 1.82) is 0 Å². The molecule has 36 heavy (non-hydrogen) atoms. The van der Waals surface area contributed by atoms with Gasteiger partial charge in [0.05, 0.1) is 17.6 Å². The second-order valence-corrected chi connectivity index (χ2v) is 17.0. The first kappa shape index (κ1) is 24.7. The van der Waals surface area contributed by atoms with E-state index in [0.29, 0.717) is 6.54 Å². The van der Waals surface area contributed by atoms with E-state index in [4.69, 9.17) is 9.47 Å². The fraction of sp³-hybridized carbons (Fsp3) is 0.500. The second kappa shape index (κ2) is 9.49. The van der Waals surface area contributed by atoms with E-state index >= 15 is 0 Å². The van der Waals surface area contributed by atoms with Crippen molar-refractivity contribution in [3.63, 3.8) is 0 Å². The van der Waals surface area contributed by atoms with Gasteiger partial charge >= 0.3 is 0 Å². The molecule has 0 saturated heterocycles. The van der Waals surface area contributed by atoms with Crippen LogP contribution in [-0.2, 0) is 27.0 Å². The molecule has 0 N–H and O–H groups in total. The number of nitrogens with zero attached hydrogens (tertiary/aromatic N) is 7. The Hall–Kier alpha value is -2.95. The van der Waals surface area contributed by atoms with Crippen LogP contribution < -0.4 is 0 Å². The minimum atomic E-state index is -1.13. The Morgan fingerprint density at radius 1 is 0.972 bits per heavy atom. The quantitative estimate of drug-likeness (QED) is 0.169. The summed E-state index contributed by atoms with van der Waals surface area (Å²) in [4.78, 5) is 0. The van der Waals surface area contributed by atoms with E-state index in [0.717, 1.165) is 53.9 Å². The molecule has 1 aromatic carbocycles. The first-order valence-electron chi connectivity index (χ1n) is 12.6. The summed E-state index contributed by atoms with van der Waals surface area (Å²) in [5.41, 5.74) is 1.98. The summed E-state index contributed by atoms with van der Waals surface area (Å²) in [6.45, 7) is 12.7. The van der Waals surface area contributed by atoms with Crippen molar-refractivity contribution in [3.05, 3.63) is 71.4 Å². The lowest BCUT2D eigenvalue weighted by Gasteiger charge is -2.26. The van der Waals surface area contributed by atoms with Crippen LogP contribution in [-0.4, -0.2) is 56.3 Å². The van der Waals surface area contributed by atoms with Gasteiger partial charge in [0, 0.05) is 26.4 Å². The van der Waals surface area contributed by atoms with Crippen LogP contribution in [0.5, 0.6) is 0 Å². The monoisotopic (exact) mass is 505 g/mol. The van der Waals surface area contributed by atoms with E-state index in [1.54, 1.807) is 0 Å². The molecule has 3 aromatic heterocycles. The standard InChI is InChI=1S/C26H35N7O2Si/c1-25(2,35-19-34-16-17-36(3,4)5)21-12-9-15-32-22(21)27-28-23(32)26(13-14-26)24-29-30-31-33(24)18-20-10-7-6-8-11-20/h6-12,15H,13-14,16-19H2,1-5H3. The van der Waals surface area contributed by atoms with Gasteiger partial charge in [0.25, 0.3) is 0 Å². The van der Waals surface area contributed by atoms with Crippen molar-refractivity contribution >= 4 is 13.7 Å². The zero-order chi connectivity index (χ0) is 25.4. The molecule has 1 aliphatic carbocycles. The van der Waals surface area contributed by atoms with Gasteiger partial charge in [-0.25, -0.2) is 4.68 Å². The molecular formula is C26H35N7O2Si. The largest absolute Gasteiger partial charge is 0.356 e. The van der Waals surface area contributed by atoms with Crippen molar-refractivity contribution < 1.29 is 9.47 Å². The topological polar surface area (TPSA) is 92.2 Å². The van der Waals surface area contributed by atoms with Gasteiger partial charge in [-0.05, 0) is 54.8 Å². The number of hydrogen-bond donors (Lipinski definition) is 0. The molecule has 3 heterocycles. The summed E-state index contributed by atoms with van der Waals surface area (Å²) in [6, 6.07) is 15.4. The number of rotatable bonds is 11. The van der Waals surface area contributed by atoms with E-state index in [1.807, 2.05) is 49.0 Å². The van der Waals surface area contributed by atoms with Crippen LogP contribution in [0, 0.1) is 0 Å². The van der Waals surface area contributed by atoms with Gasteiger partial charge < -0.3 is 9.47 Å². The molecule has 5 rings (SSSR count). The Kier molecular flexibility index (Phi) is 6.52. The van der Waals surface area contributed by atoms with E-state index < -0.39 is 13.7 Å². The van der Waals surface area contributed by atoms with Crippen molar-refractivity contribution in [2.45, 2.75) is 69.9 Å². The van der Waals surface area contributed by atoms with Gasteiger partial charge in [-0.15, -0.1) is 15.3 Å². The lowest BCUT2D eigenvalue weighted by atomic mass is 9.99. The molecule has 0 amide bonds. The Morgan fingerprint density at radius 3 is 2.47 bits per heavy atom. The smallest absolute Gasteiger partial charge is 0.166 e. The number of benzene rings is 1. The lowest BCUT2D eigenvalue weighted by Crippen LogP contribution is -2.26. The third-order valence-corrected chi connectivity index (χ3v) is 8.60. The molecule has 0 spiro atoms. The number of ether oxygens (including phenoxy) is 2. The van der Waals surface area contributed by atoms with Gasteiger partial charge in [-0.1, -0.05) is 56.0 Å². The Morgan fingerprint density at radius 2 is 1.75 bits per heavy atom. The molecule has 190 valence electrons. The zero-order valence-electron chi connectivity index (χ0n) is 21.8. The fourth-order valence-electron chi connectivity index (χ4n) is 4.50. The number of tetrazole rings is 1.